The van der Waals surface area contributed by atoms with E-state index in [1.165, 1.54) is 5.57 Å². The van der Waals surface area contributed by atoms with E-state index in [2.05, 4.69) is 13.5 Å². The smallest absolute Gasteiger partial charge is 0.145 e. The Balaban J connectivity index is 4.38. The van der Waals surface area contributed by atoms with E-state index >= 15 is 0 Å². The number of rotatable bonds is 4. The molecule has 1 nitrogen and oxygen atoms in total. The first kappa shape index (κ1) is 10.2. The average Bonchev–Trinajstić information content (AvgIpc) is 1.98. The van der Waals surface area contributed by atoms with Crippen molar-refractivity contribution in [2.45, 2.75) is 33.6 Å². The monoisotopic (exact) mass is 152 g/mol. The molecule has 0 heterocycles. The maximum absolute atomic E-state index is 10.4. The van der Waals surface area contributed by atoms with Gasteiger partial charge in [-0.1, -0.05) is 24.6 Å². The van der Waals surface area contributed by atoms with Gasteiger partial charge < -0.3 is 0 Å². The summed E-state index contributed by atoms with van der Waals surface area (Å²) in [6.45, 7) is 9.71. The highest BCUT2D eigenvalue weighted by Gasteiger charge is 1.98. The van der Waals surface area contributed by atoms with Crippen LogP contribution in [0.5, 0.6) is 0 Å². The lowest BCUT2D eigenvalue weighted by Crippen LogP contribution is -1.89. The lowest BCUT2D eigenvalue weighted by atomic mass is 10.0. The molecule has 0 atom stereocenters. The lowest BCUT2D eigenvalue weighted by Gasteiger charge is -2.04. The zero-order valence-corrected chi connectivity index (χ0v) is 7.61. The molecule has 0 aromatic heterocycles. The Hall–Kier alpha value is -0.850. The van der Waals surface area contributed by atoms with Crippen molar-refractivity contribution in [3.05, 3.63) is 23.3 Å². The van der Waals surface area contributed by atoms with Gasteiger partial charge in [0.05, 0.1) is 0 Å². The summed E-state index contributed by atoms with van der Waals surface area (Å²) in [6.07, 6.45) is 2.72. The number of carbonyl (C=O) groups excluding carboxylic acids is 1. The van der Waals surface area contributed by atoms with Crippen molar-refractivity contribution >= 4 is 6.29 Å². The molecule has 0 radical (unpaired) electrons. The molecule has 0 fully saturated rings. The number of allylic oxidation sites excluding steroid dienone is 3. The highest BCUT2D eigenvalue weighted by Crippen LogP contribution is 2.15. The zero-order chi connectivity index (χ0) is 8.85. The molecular weight excluding hydrogens is 136 g/mol. The molecule has 0 saturated carbocycles. The summed E-state index contributed by atoms with van der Waals surface area (Å²) >= 11 is 0. The minimum atomic E-state index is 0.857. The van der Waals surface area contributed by atoms with E-state index in [1.807, 2.05) is 13.8 Å². The predicted molar refractivity (Wildman–Crippen MR) is 48.5 cm³/mol. The van der Waals surface area contributed by atoms with Crippen LogP contribution in [0.1, 0.15) is 33.6 Å². The van der Waals surface area contributed by atoms with E-state index in [1.54, 1.807) is 0 Å². The van der Waals surface area contributed by atoms with Gasteiger partial charge in [-0.3, -0.25) is 4.79 Å². The number of hydrogen-bond donors (Lipinski definition) is 0. The third-order valence-corrected chi connectivity index (χ3v) is 1.68. The van der Waals surface area contributed by atoms with Crippen LogP contribution < -0.4 is 0 Å². The standard InChI is InChI=1S/C10H16O/c1-5-10(6-8(2)3)9(4)7-11/h7H,2,5-6H2,1,3-4H3/b10-9+. The second-order valence-corrected chi connectivity index (χ2v) is 2.89. The summed E-state index contributed by atoms with van der Waals surface area (Å²) in [5.41, 5.74) is 3.17. The second-order valence-electron chi connectivity index (χ2n) is 2.89. The lowest BCUT2D eigenvalue weighted by molar-refractivity contribution is -0.104. The van der Waals surface area contributed by atoms with Crippen LogP contribution in [0.3, 0.4) is 0 Å². The third-order valence-electron chi connectivity index (χ3n) is 1.68. The van der Waals surface area contributed by atoms with Gasteiger partial charge in [-0.2, -0.15) is 0 Å². The molecule has 1 heteroatoms. The molecule has 0 spiro atoms. The van der Waals surface area contributed by atoms with Crippen LogP contribution in [0, 0.1) is 0 Å². The maximum Gasteiger partial charge on any atom is 0.145 e. The van der Waals surface area contributed by atoms with Crippen LogP contribution in [0.15, 0.2) is 23.3 Å². The van der Waals surface area contributed by atoms with Gasteiger partial charge in [0.15, 0.2) is 0 Å². The molecule has 0 aliphatic carbocycles. The fourth-order valence-corrected chi connectivity index (χ4v) is 0.991. The summed E-state index contributed by atoms with van der Waals surface area (Å²) in [5, 5.41) is 0. The summed E-state index contributed by atoms with van der Waals surface area (Å²) in [5.74, 6) is 0. The van der Waals surface area contributed by atoms with Gasteiger partial charge >= 0.3 is 0 Å². The quantitative estimate of drug-likeness (QED) is 0.344. The Morgan fingerprint density at radius 3 is 2.27 bits per heavy atom. The molecule has 0 N–H and O–H groups in total. The van der Waals surface area contributed by atoms with E-state index < -0.39 is 0 Å². The number of carbonyl (C=O) groups is 1. The molecule has 11 heavy (non-hydrogen) atoms. The molecule has 0 unspecified atom stereocenters. The van der Waals surface area contributed by atoms with Crippen molar-refractivity contribution in [2.75, 3.05) is 0 Å². The zero-order valence-electron chi connectivity index (χ0n) is 7.61. The number of hydrogen-bond acceptors (Lipinski definition) is 1. The fourth-order valence-electron chi connectivity index (χ4n) is 0.991. The maximum atomic E-state index is 10.4. The summed E-state index contributed by atoms with van der Waals surface area (Å²) in [4.78, 5) is 10.4. The van der Waals surface area contributed by atoms with Crippen LogP contribution >= 0.6 is 0 Å². The van der Waals surface area contributed by atoms with Crippen molar-refractivity contribution in [1.82, 2.24) is 0 Å². The van der Waals surface area contributed by atoms with Gasteiger partial charge in [0.2, 0.25) is 0 Å². The first-order chi connectivity index (χ1) is 5.11. The largest absolute Gasteiger partial charge is 0.298 e. The average molecular weight is 152 g/mol. The summed E-state index contributed by atoms with van der Waals surface area (Å²) in [7, 11) is 0. The molecule has 0 aromatic carbocycles. The molecule has 0 bridgehead atoms. The van der Waals surface area contributed by atoms with Crippen LogP contribution in [0.25, 0.3) is 0 Å². The van der Waals surface area contributed by atoms with Gasteiger partial charge in [0.25, 0.3) is 0 Å². The van der Waals surface area contributed by atoms with Gasteiger partial charge in [0.1, 0.15) is 6.29 Å². The van der Waals surface area contributed by atoms with Crippen molar-refractivity contribution in [3.8, 4) is 0 Å². The van der Waals surface area contributed by atoms with Crippen LogP contribution in [0.4, 0.5) is 0 Å². The minimum Gasteiger partial charge on any atom is -0.298 e. The molecule has 0 aliphatic heterocycles. The van der Waals surface area contributed by atoms with Gasteiger partial charge in [-0.05, 0) is 32.3 Å². The first-order valence-corrected chi connectivity index (χ1v) is 3.90. The number of aldehydes is 1. The Morgan fingerprint density at radius 1 is 1.45 bits per heavy atom. The van der Waals surface area contributed by atoms with Crippen molar-refractivity contribution in [2.24, 2.45) is 0 Å². The summed E-state index contributed by atoms with van der Waals surface area (Å²) < 4.78 is 0. The molecule has 0 rings (SSSR count). The first-order valence-electron chi connectivity index (χ1n) is 3.90. The third kappa shape index (κ3) is 3.76. The topological polar surface area (TPSA) is 17.1 Å². The minimum absolute atomic E-state index is 0.857. The molecule has 0 aromatic rings. The molecule has 0 aliphatic rings. The molecular formula is C10H16O. The normalized spacial score (nSPS) is 12.3. The van der Waals surface area contributed by atoms with Crippen molar-refractivity contribution in [3.63, 3.8) is 0 Å². The Kier molecular flexibility index (Phi) is 4.51. The predicted octanol–water partition coefficient (Wildman–Crippen LogP) is 2.88. The fraction of sp³-hybridized carbons (Fsp3) is 0.500. The van der Waals surface area contributed by atoms with E-state index in [0.29, 0.717) is 0 Å². The Labute approximate surface area is 68.8 Å². The molecule has 0 saturated heterocycles. The summed E-state index contributed by atoms with van der Waals surface area (Å²) in [6, 6.07) is 0. The van der Waals surface area contributed by atoms with Crippen molar-refractivity contribution < 1.29 is 4.79 Å². The highest BCUT2D eigenvalue weighted by atomic mass is 16.1. The van der Waals surface area contributed by atoms with Crippen LogP contribution in [0.2, 0.25) is 0 Å². The van der Waals surface area contributed by atoms with Crippen LogP contribution in [-0.2, 0) is 4.79 Å². The molecule has 0 amide bonds. The second kappa shape index (κ2) is 4.89. The van der Waals surface area contributed by atoms with E-state index in [0.717, 1.165) is 30.3 Å². The van der Waals surface area contributed by atoms with Gasteiger partial charge in [-0.25, -0.2) is 0 Å². The SMILES string of the molecule is C=C(C)C/C(CC)=C(\C)C=O. The van der Waals surface area contributed by atoms with E-state index in [9.17, 15) is 4.79 Å². The van der Waals surface area contributed by atoms with Gasteiger partial charge in [0, 0.05) is 0 Å². The Bertz CT molecular complexity index is 187. The van der Waals surface area contributed by atoms with Gasteiger partial charge in [-0.15, -0.1) is 0 Å². The van der Waals surface area contributed by atoms with E-state index in [4.69, 9.17) is 0 Å². The van der Waals surface area contributed by atoms with E-state index in [-0.39, 0.29) is 0 Å². The highest BCUT2D eigenvalue weighted by molar-refractivity contribution is 5.73. The van der Waals surface area contributed by atoms with Crippen LogP contribution in [-0.4, -0.2) is 6.29 Å². The Morgan fingerprint density at radius 2 is 2.00 bits per heavy atom. The van der Waals surface area contributed by atoms with Crippen molar-refractivity contribution in [1.29, 1.82) is 0 Å². The molecule has 62 valence electrons.